The number of rotatable bonds is 3. The van der Waals surface area contributed by atoms with Crippen LogP contribution in [0.5, 0.6) is 0 Å². The monoisotopic (exact) mass is 290 g/mol. The molecule has 0 amide bonds. The fraction of sp³-hybridized carbons (Fsp3) is 0.467. The zero-order valence-corrected chi connectivity index (χ0v) is 11.8. The second-order valence-corrected chi connectivity index (χ2v) is 5.53. The number of hydrogen-bond donors (Lipinski definition) is 2. The highest BCUT2D eigenvalue weighted by Gasteiger charge is 2.24. The van der Waals surface area contributed by atoms with Crippen molar-refractivity contribution in [2.45, 2.75) is 25.8 Å². The number of nitrogens with one attached hydrogen (secondary N) is 1. The summed E-state index contributed by atoms with van der Waals surface area (Å²) in [4.78, 5) is 26.1. The molecular formula is C15H18N2O4. The Morgan fingerprint density at radius 2 is 2.14 bits per heavy atom. The van der Waals surface area contributed by atoms with Crippen LogP contribution in [0.15, 0.2) is 23.0 Å². The number of fused-ring (bicyclic) bond motifs is 1. The number of benzene rings is 1. The minimum atomic E-state index is -0.990. The summed E-state index contributed by atoms with van der Waals surface area (Å²) in [6, 6.07) is 4.72. The molecule has 21 heavy (non-hydrogen) atoms. The predicted octanol–water partition coefficient (Wildman–Crippen LogP) is 2.02. The molecule has 112 valence electrons. The number of aromatic carboxylic acids is 1. The molecule has 2 aromatic rings. The number of H-pyrrole nitrogens is 1. The maximum absolute atomic E-state index is 12.2. The van der Waals surface area contributed by atoms with Gasteiger partial charge in [0, 0.05) is 19.3 Å². The van der Waals surface area contributed by atoms with E-state index in [1.807, 2.05) is 6.92 Å². The summed E-state index contributed by atoms with van der Waals surface area (Å²) in [6.07, 6.45) is 1.83. The fourth-order valence-electron chi connectivity index (χ4n) is 3.07. The van der Waals surface area contributed by atoms with Crippen molar-refractivity contribution in [3.8, 4) is 0 Å². The normalized spacial score (nSPS) is 18.0. The molecule has 1 aliphatic heterocycles. The summed E-state index contributed by atoms with van der Waals surface area (Å²) in [7, 11) is 0. The Bertz CT molecular complexity index is 725. The molecule has 2 heterocycles. The van der Waals surface area contributed by atoms with Crippen molar-refractivity contribution in [1.29, 1.82) is 0 Å². The Morgan fingerprint density at radius 3 is 2.81 bits per heavy atom. The van der Waals surface area contributed by atoms with Gasteiger partial charge in [-0.15, -0.1) is 0 Å². The number of ether oxygens (including phenoxy) is 1. The van der Waals surface area contributed by atoms with E-state index >= 15 is 0 Å². The first-order valence-electron chi connectivity index (χ1n) is 7.13. The van der Waals surface area contributed by atoms with Crippen molar-refractivity contribution in [1.82, 2.24) is 9.55 Å². The second-order valence-electron chi connectivity index (χ2n) is 5.53. The van der Waals surface area contributed by atoms with Gasteiger partial charge in [0.25, 0.3) is 0 Å². The van der Waals surface area contributed by atoms with E-state index in [9.17, 15) is 9.59 Å². The highest BCUT2D eigenvalue weighted by atomic mass is 16.5. The number of carbonyl (C=O) groups is 1. The molecule has 1 aromatic heterocycles. The van der Waals surface area contributed by atoms with Gasteiger partial charge in [0.15, 0.2) is 0 Å². The molecule has 6 heteroatoms. The SMILES string of the molecule is CC(C1CCOCC1)n1c(=O)[nH]c2ccc(C(=O)O)cc21. The van der Waals surface area contributed by atoms with Crippen molar-refractivity contribution < 1.29 is 14.6 Å². The van der Waals surface area contributed by atoms with Gasteiger partial charge in [-0.3, -0.25) is 4.57 Å². The predicted molar refractivity (Wildman–Crippen MR) is 77.8 cm³/mol. The Labute approximate surface area is 121 Å². The summed E-state index contributed by atoms with van der Waals surface area (Å²) < 4.78 is 7.04. The lowest BCUT2D eigenvalue weighted by molar-refractivity contribution is 0.0515. The van der Waals surface area contributed by atoms with Gasteiger partial charge >= 0.3 is 11.7 Å². The number of carboxylic acids is 1. The quantitative estimate of drug-likeness (QED) is 0.905. The van der Waals surface area contributed by atoms with Crippen molar-refractivity contribution in [3.05, 3.63) is 34.2 Å². The Kier molecular flexibility index (Phi) is 3.55. The van der Waals surface area contributed by atoms with Gasteiger partial charge in [0.05, 0.1) is 16.6 Å². The van der Waals surface area contributed by atoms with Crippen LogP contribution in [0.25, 0.3) is 11.0 Å². The van der Waals surface area contributed by atoms with E-state index in [1.54, 1.807) is 16.7 Å². The molecule has 0 spiro atoms. The number of hydrogen-bond acceptors (Lipinski definition) is 3. The largest absolute Gasteiger partial charge is 0.478 e. The van der Waals surface area contributed by atoms with E-state index in [4.69, 9.17) is 9.84 Å². The van der Waals surface area contributed by atoms with Crippen molar-refractivity contribution >= 4 is 17.0 Å². The summed E-state index contributed by atoms with van der Waals surface area (Å²) in [5.41, 5.74) is 1.32. The Hall–Kier alpha value is -2.08. The van der Waals surface area contributed by atoms with Crippen molar-refractivity contribution in [2.24, 2.45) is 5.92 Å². The fourth-order valence-corrected chi connectivity index (χ4v) is 3.07. The number of imidazole rings is 1. The van der Waals surface area contributed by atoms with Crippen LogP contribution in [-0.2, 0) is 4.74 Å². The zero-order chi connectivity index (χ0) is 15.0. The number of carboxylic acid groups (broad SMARTS) is 1. The van der Waals surface area contributed by atoms with Gasteiger partial charge in [-0.2, -0.15) is 0 Å². The van der Waals surface area contributed by atoms with E-state index in [-0.39, 0.29) is 17.3 Å². The molecule has 0 bridgehead atoms. The van der Waals surface area contributed by atoms with Gasteiger partial charge in [-0.1, -0.05) is 0 Å². The first-order chi connectivity index (χ1) is 10.1. The van der Waals surface area contributed by atoms with E-state index in [0.29, 0.717) is 30.2 Å². The number of aromatic nitrogens is 2. The number of aromatic amines is 1. The van der Waals surface area contributed by atoms with E-state index in [0.717, 1.165) is 12.8 Å². The maximum atomic E-state index is 12.2. The summed E-state index contributed by atoms with van der Waals surface area (Å²) >= 11 is 0. The smallest absolute Gasteiger partial charge is 0.335 e. The van der Waals surface area contributed by atoms with Gasteiger partial charge in [-0.25, -0.2) is 9.59 Å². The van der Waals surface area contributed by atoms with Crippen LogP contribution in [0.1, 0.15) is 36.2 Å². The Balaban J connectivity index is 2.07. The lowest BCUT2D eigenvalue weighted by Gasteiger charge is -2.28. The molecule has 1 aliphatic rings. The minimum absolute atomic E-state index is 0.0131. The van der Waals surface area contributed by atoms with Crippen LogP contribution in [0, 0.1) is 5.92 Å². The molecular weight excluding hydrogens is 272 g/mol. The third kappa shape index (κ3) is 2.47. The van der Waals surface area contributed by atoms with Gasteiger partial charge < -0.3 is 14.8 Å². The molecule has 0 aliphatic carbocycles. The first kappa shape index (κ1) is 13.9. The molecule has 1 fully saturated rings. The van der Waals surface area contributed by atoms with Crippen molar-refractivity contribution in [3.63, 3.8) is 0 Å². The van der Waals surface area contributed by atoms with Gasteiger partial charge in [0.1, 0.15) is 0 Å². The van der Waals surface area contributed by atoms with Crippen LogP contribution >= 0.6 is 0 Å². The van der Waals surface area contributed by atoms with Crippen LogP contribution < -0.4 is 5.69 Å². The molecule has 1 aromatic carbocycles. The van der Waals surface area contributed by atoms with E-state index < -0.39 is 5.97 Å². The third-order valence-electron chi connectivity index (χ3n) is 4.32. The van der Waals surface area contributed by atoms with Crippen LogP contribution in [0.3, 0.4) is 0 Å². The average Bonchev–Trinajstić information content (AvgIpc) is 2.82. The molecule has 1 unspecified atom stereocenters. The highest BCUT2D eigenvalue weighted by molar-refractivity contribution is 5.92. The highest BCUT2D eigenvalue weighted by Crippen LogP contribution is 2.29. The molecule has 1 saturated heterocycles. The molecule has 1 atom stereocenters. The van der Waals surface area contributed by atoms with Crippen LogP contribution in [-0.4, -0.2) is 33.8 Å². The minimum Gasteiger partial charge on any atom is -0.478 e. The third-order valence-corrected chi connectivity index (χ3v) is 4.32. The van der Waals surface area contributed by atoms with Crippen molar-refractivity contribution in [2.75, 3.05) is 13.2 Å². The summed E-state index contributed by atoms with van der Waals surface area (Å²) in [5, 5.41) is 9.12. The van der Waals surface area contributed by atoms with E-state index in [1.165, 1.54) is 6.07 Å². The summed E-state index contributed by atoms with van der Waals surface area (Å²) in [6.45, 7) is 3.44. The topological polar surface area (TPSA) is 84.3 Å². The Morgan fingerprint density at radius 1 is 1.43 bits per heavy atom. The van der Waals surface area contributed by atoms with Crippen LogP contribution in [0.4, 0.5) is 0 Å². The average molecular weight is 290 g/mol. The standard InChI is InChI=1S/C15H18N2O4/c1-9(10-4-6-21-7-5-10)17-13-8-11(14(18)19)2-3-12(13)16-15(17)20/h2-3,8-10H,4-7H2,1H3,(H,16,20)(H,18,19). The molecule has 6 nitrogen and oxygen atoms in total. The zero-order valence-electron chi connectivity index (χ0n) is 11.8. The molecule has 0 saturated carbocycles. The lowest BCUT2D eigenvalue weighted by atomic mass is 9.92. The lowest BCUT2D eigenvalue weighted by Crippen LogP contribution is -2.29. The second kappa shape index (κ2) is 5.37. The molecule has 3 rings (SSSR count). The summed E-state index contributed by atoms with van der Waals surface area (Å²) in [5.74, 6) is -0.625. The van der Waals surface area contributed by atoms with E-state index in [2.05, 4.69) is 4.98 Å². The van der Waals surface area contributed by atoms with Gasteiger partial charge in [-0.05, 0) is 43.9 Å². The van der Waals surface area contributed by atoms with Gasteiger partial charge in [0.2, 0.25) is 0 Å². The first-order valence-corrected chi connectivity index (χ1v) is 7.13. The maximum Gasteiger partial charge on any atom is 0.335 e. The van der Waals surface area contributed by atoms with Crippen LogP contribution in [0.2, 0.25) is 0 Å². The molecule has 2 N–H and O–H groups in total. The number of nitrogens with zero attached hydrogens (tertiary/aromatic N) is 1. The molecule has 0 radical (unpaired) electrons.